The fraction of sp³-hybridized carbons (Fsp3) is 0.273. The van der Waals surface area contributed by atoms with Crippen LogP contribution in [0.4, 0.5) is 13.2 Å². The lowest BCUT2D eigenvalue weighted by atomic mass is 10.1. The number of carboxylic acid groups (broad SMARTS) is 1. The van der Waals surface area contributed by atoms with Crippen molar-refractivity contribution in [1.82, 2.24) is 5.32 Å². The standard InChI is InChI=1S/C11H9BrF3NO3/c1-5(10(18)19)16-9(17)7-3-2-6(12)4-8(7)11(13,14)15/h2-5H,1H3,(H,16,17)(H,18,19)/t5-/m0/s1. The zero-order valence-corrected chi connectivity index (χ0v) is 11.2. The second-order valence-electron chi connectivity index (χ2n) is 3.72. The molecule has 0 bridgehead atoms. The molecule has 1 aromatic rings. The minimum atomic E-state index is -4.71. The number of carboxylic acids is 1. The maximum Gasteiger partial charge on any atom is 0.417 e. The van der Waals surface area contributed by atoms with Gasteiger partial charge in [-0.05, 0) is 25.1 Å². The molecule has 0 aromatic heterocycles. The van der Waals surface area contributed by atoms with E-state index in [0.717, 1.165) is 19.1 Å². The van der Waals surface area contributed by atoms with Crippen LogP contribution in [0.15, 0.2) is 22.7 Å². The van der Waals surface area contributed by atoms with Crippen LogP contribution in [0.25, 0.3) is 0 Å². The topological polar surface area (TPSA) is 66.4 Å². The smallest absolute Gasteiger partial charge is 0.417 e. The Balaban J connectivity index is 3.13. The van der Waals surface area contributed by atoms with Crippen molar-refractivity contribution in [2.75, 3.05) is 0 Å². The first-order chi connectivity index (χ1) is 8.62. The molecular formula is C11H9BrF3NO3. The molecule has 1 amide bonds. The molecule has 1 aromatic carbocycles. The van der Waals surface area contributed by atoms with E-state index in [1.54, 1.807) is 0 Å². The molecular weight excluding hydrogens is 331 g/mol. The summed E-state index contributed by atoms with van der Waals surface area (Å²) in [7, 11) is 0. The van der Waals surface area contributed by atoms with E-state index in [0.29, 0.717) is 0 Å². The highest BCUT2D eigenvalue weighted by molar-refractivity contribution is 9.10. The third-order valence-corrected chi connectivity index (χ3v) is 2.74. The Kier molecular flexibility index (Phi) is 4.56. The van der Waals surface area contributed by atoms with Gasteiger partial charge in [0.05, 0.1) is 11.1 Å². The molecule has 1 atom stereocenters. The number of halogens is 4. The number of nitrogens with one attached hydrogen (secondary N) is 1. The van der Waals surface area contributed by atoms with Crippen molar-refractivity contribution in [2.45, 2.75) is 19.1 Å². The maximum absolute atomic E-state index is 12.8. The third kappa shape index (κ3) is 3.95. The number of carbonyl (C=O) groups is 2. The molecule has 4 nitrogen and oxygen atoms in total. The van der Waals surface area contributed by atoms with Crippen molar-refractivity contribution in [1.29, 1.82) is 0 Å². The van der Waals surface area contributed by atoms with Crippen LogP contribution in [0, 0.1) is 0 Å². The summed E-state index contributed by atoms with van der Waals surface area (Å²) in [6.07, 6.45) is -4.71. The van der Waals surface area contributed by atoms with Gasteiger partial charge in [-0.2, -0.15) is 13.2 Å². The third-order valence-electron chi connectivity index (χ3n) is 2.25. The molecule has 1 rings (SSSR count). The summed E-state index contributed by atoms with van der Waals surface area (Å²) in [6, 6.07) is 1.74. The van der Waals surface area contributed by atoms with Crippen LogP contribution in [0.3, 0.4) is 0 Å². The molecule has 0 saturated carbocycles. The fourth-order valence-corrected chi connectivity index (χ4v) is 1.65. The zero-order chi connectivity index (χ0) is 14.8. The molecule has 104 valence electrons. The fourth-order valence-electron chi connectivity index (χ4n) is 1.29. The number of rotatable bonds is 3. The summed E-state index contributed by atoms with van der Waals surface area (Å²) in [5.41, 5.74) is -1.75. The molecule has 19 heavy (non-hydrogen) atoms. The van der Waals surface area contributed by atoms with Gasteiger partial charge in [0.2, 0.25) is 0 Å². The number of benzene rings is 1. The molecule has 0 saturated heterocycles. The van der Waals surface area contributed by atoms with Gasteiger partial charge < -0.3 is 10.4 Å². The quantitative estimate of drug-likeness (QED) is 0.889. The summed E-state index contributed by atoms with van der Waals surface area (Å²) in [4.78, 5) is 22.2. The Bertz CT molecular complexity index is 516. The van der Waals surface area contributed by atoms with E-state index in [2.05, 4.69) is 15.9 Å². The highest BCUT2D eigenvalue weighted by Gasteiger charge is 2.35. The average Bonchev–Trinajstić information content (AvgIpc) is 2.27. The van der Waals surface area contributed by atoms with Gasteiger partial charge in [-0.1, -0.05) is 15.9 Å². The normalized spacial score (nSPS) is 12.9. The van der Waals surface area contributed by atoms with E-state index < -0.39 is 35.2 Å². The lowest BCUT2D eigenvalue weighted by Crippen LogP contribution is -2.39. The molecule has 0 aliphatic carbocycles. The SMILES string of the molecule is C[C@H](NC(=O)c1ccc(Br)cc1C(F)(F)F)C(=O)O. The number of aliphatic carboxylic acids is 1. The van der Waals surface area contributed by atoms with E-state index in [4.69, 9.17) is 5.11 Å². The molecule has 0 fully saturated rings. The Labute approximate surface area is 114 Å². The Morgan fingerprint density at radius 1 is 1.37 bits per heavy atom. The van der Waals surface area contributed by atoms with E-state index in [1.165, 1.54) is 6.07 Å². The lowest BCUT2D eigenvalue weighted by molar-refractivity contribution is -0.138. The van der Waals surface area contributed by atoms with E-state index >= 15 is 0 Å². The van der Waals surface area contributed by atoms with Crippen LogP contribution in [0.2, 0.25) is 0 Å². The predicted molar refractivity (Wildman–Crippen MR) is 63.7 cm³/mol. The van der Waals surface area contributed by atoms with Crippen LogP contribution in [-0.2, 0) is 11.0 Å². The van der Waals surface area contributed by atoms with Gasteiger partial charge >= 0.3 is 12.1 Å². The van der Waals surface area contributed by atoms with Gasteiger partial charge in [-0.25, -0.2) is 0 Å². The minimum Gasteiger partial charge on any atom is -0.480 e. The summed E-state index contributed by atoms with van der Waals surface area (Å²) in [5, 5.41) is 10.6. The van der Waals surface area contributed by atoms with Crippen LogP contribution in [0.1, 0.15) is 22.8 Å². The van der Waals surface area contributed by atoms with Gasteiger partial charge in [0.25, 0.3) is 5.91 Å². The van der Waals surface area contributed by atoms with Gasteiger partial charge in [-0.3, -0.25) is 9.59 Å². The first-order valence-electron chi connectivity index (χ1n) is 5.03. The van der Waals surface area contributed by atoms with Crippen molar-refractivity contribution in [3.05, 3.63) is 33.8 Å². The van der Waals surface area contributed by atoms with Crippen molar-refractivity contribution in [3.8, 4) is 0 Å². The van der Waals surface area contributed by atoms with Crippen LogP contribution >= 0.6 is 15.9 Å². The van der Waals surface area contributed by atoms with Crippen molar-refractivity contribution < 1.29 is 27.9 Å². The molecule has 0 heterocycles. The number of hydrogen-bond acceptors (Lipinski definition) is 2. The second kappa shape index (κ2) is 5.60. The van der Waals surface area contributed by atoms with Crippen LogP contribution in [-0.4, -0.2) is 23.0 Å². The zero-order valence-electron chi connectivity index (χ0n) is 9.58. The van der Waals surface area contributed by atoms with E-state index in [1.807, 2.05) is 5.32 Å². The highest BCUT2D eigenvalue weighted by atomic mass is 79.9. The molecule has 8 heteroatoms. The van der Waals surface area contributed by atoms with Gasteiger partial charge in [0, 0.05) is 4.47 Å². The molecule has 2 N–H and O–H groups in total. The van der Waals surface area contributed by atoms with Crippen molar-refractivity contribution in [2.24, 2.45) is 0 Å². The number of hydrogen-bond donors (Lipinski definition) is 2. The van der Waals surface area contributed by atoms with Gasteiger partial charge in [-0.15, -0.1) is 0 Å². The molecule has 0 aliphatic heterocycles. The minimum absolute atomic E-state index is 0.169. The van der Waals surface area contributed by atoms with Crippen molar-refractivity contribution >= 4 is 27.8 Å². The van der Waals surface area contributed by atoms with Gasteiger partial charge in [0.1, 0.15) is 6.04 Å². The highest BCUT2D eigenvalue weighted by Crippen LogP contribution is 2.33. The average molecular weight is 340 g/mol. The van der Waals surface area contributed by atoms with Crippen LogP contribution < -0.4 is 5.32 Å². The van der Waals surface area contributed by atoms with Crippen LogP contribution in [0.5, 0.6) is 0 Å². The summed E-state index contributed by atoms with van der Waals surface area (Å²) in [6.45, 7) is 1.16. The van der Waals surface area contributed by atoms with Crippen molar-refractivity contribution in [3.63, 3.8) is 0 Å². The summed E-state index contributed by atoms with van der Waals surface area (Å²) < 4.78 is 38.5. The largest absolute Gasteiger partial charge is 0.480 e. The second-order valence-corrected chi connectivity index (χ2v) is 4.64. The first kappa shape index (κ1) is 15.5. The van der Waals surface area contributed by atoms with E-state index in [-0.39, 0.29) is 4.47 Å². The number of alkyl halides is 3. The van der Waals surface area contributed by atoms with E-state index in [9.17, 15) is 22.8 Å². The predicted octanol–water partition coefficient (Wildman–Crippen LogP) is 2.67. The summed E-state index contributed by atoms with van der Waals surface area (Å²) >= 11 is 2.89. The molecule has 0 radical (unpaired) electrons. The molecule has 0 spiro atoms. The molecule has 0 unspecified atom stereocenters. The number of amides is 1. The number of carbonyl (C=O) groups excluding carboxylic acids is 1. The van der Waals surface area contributed by atoms with Gasteiger partial charge in [0.15, 0.2) is 0 Å². The Morgan fingerprint density at radius 2 is 1.95 bits per heavy atom. The first-order valence-corrected chi connectivity index (χ1v) is 5.82. The maximum atomic E-state index is 12.8. The Morgan fingerprint density at radius 3 is 2.42 bits per heavy atom. The lowest BCUT2D eigenvalue weighted by Gasteiger charge is -2.14. The molecule has 0 aliphatic rings. The monoisotopic (exact) mass is 339 g/mol. The summed E-state index contributed by atoms with van der Waals surface area (Å²) in [5.74, 6) is -2.42. The Hall–Kier alpha value is -1.57.